The molecular weight excluding hydrogens is 501 g/mol. The van der Waals surface area contributed by atoms with Crippen LogP contribution in [0.15, 0.2) is 59.9 Å². The molecule has 192 valence electrons. The Bertz CT molecular complexity index is 1610. The number of carbonyl (C=O) groups is 2. The molecule has 0 spiro atoms. The van der Waals surface area contributed by atoms with Crippen molar-refractivity contribution in [2.45, 2.75) is 31.7 Å². The summed E-state index contributed by atoms with van der Waals surface area (Å²) in [5.74, 6) is -0.706. The van der Waals surface area contributed by atoms with Crippen LogP contribution in [0.1, 0.15) is 38.5 Å². The number of thiazole rings is 1. The van der Waals surface area contributed by atoms with Gasteiger partial charge in [-0.3, -0.25) is 19.6 Å². The highest BCUT2D eigenvalue weighted by molar-refractivity contribution is 7.09. The van der Waals surface area contributed by atoms with Crippen LogP contribution in [0.5, 0.6) is 0 Å². The number of nitrogens with zero attached hydrogens (tertiary/aromatic N) is 5. The number of halogens is 1. The maximum atomic E-state index is 14.8. The number of likely N-dealkylation sites (N-methyl/N-ethyl adjacent to an activating group) is 1. The van der Waals surface area contributed by atoms with Crippen molar-refractivity contribution in [1.29, 1.82) is 0 Å². The number of fused-ring (bicyclic) bond motifs is 3. The van der Waals surface area contributed by atoms with Gasteiger partial charge in [0.25, 0.3) is 5.91 Å². The standard InChI is InChI=1S/C29H26FN5O2S/c1-34(2)28(36)24-14-20-19(13-18-4-3-5-21(30)26(18)20)15-35(24)29(37)27-25(38-16-33-27)9-7-17-6-8-22-23(12-17)32-11-10-31-22/h3-6,8,10-12,16,24H,7,9,13-15H2,1-2H3/t24-/m1/s1. The molecule has 9 heteroatoms. The van der Waals surface area contributed by atoms with E-state index < -0.39 is 6.04 Å². The minimum atomic E-state index is -0.713. The second kappa shape index (κ2) is 9.72. The predicted octanol–water partition coefficient (Wildman–Crippen LogP) is 4.32. The number of rotatable bonds is 5. The zero-order valence-corrected chi connectivity index (χ0v) is 22.0. The van der Waals surface area contributed by atoms with Gasteiger partial charge in [-0.2, -0.15) is 0 Å². The Morgan fingerprint density at radius 3 is 2.71 bits per heavy atom. The molecule has 0 radical (unpaired) electrons. The van der Waals surface area contributed by atoms with Crippen LogP contribution in [-0.4, -0.2) is 63.2 Å². The van der Waals surface area contributed by atoms with Crippen LogP contribution >= 0.6 is 11.3 Å². The molecule has 4 aromatic rings. The van der Waals surface area contributed by atoms with Gasteiger partial charge in [0.15, 0.2) is 0 Å². The van der Waals surface area contributed by atoms with E-state index in [0.717, 1.165) is 44.6 Å². The Hall–Kier alpha value is -3.98. The number of aromatic nitrogens is 3. The molecule has 2 aliphatic rings. The van der Waals surface area contributed by atoms with Crippen molar-refractivity contribution in [3.63, 3.8) is 0 Å². The van der Waals surface area contributed by atoms with Crippen LogP contribution in [0, 0.1) is 5.82 Å². The first-order valence-electron chi connectivity index (χ1n) is 12.5. The van der Waals surface area contributed by atoms with Crippen molar-refractivity contribution < 1.29 is 14.0 Å². The fraction of sp³-hybridized carbons (Fsp3) is 0.276. The van der Waals surface area contributed by atoms with E-state index in [1.165, 1.54) is 22.3 Å². The summed E-state index contributed by atoms with van der Waals surface area (Å²) in [5.41, 5.74) is 8.22. The fourth-order valence-electron chi connectivity index (χ4n) is 5.50. The Morgan fingerprint density at radius 1 is 1.08 bits per heavy atom. The number of carbonyl (C=O) groups excluding carboxylic acids is 2. The molecule has 0 N–H and O–H groups in total. The Balaban J connectivity index is 1.27. The largest absolute Gasteiger partial charge is 0.347 e. The van der Waals surface area contributed by atoms with Gasteiger partial charge in [-0.1, -0.05) is 18.2 Å². The molecule has 0 saturated carbocycles. The van der Waals surface area contributed by atoms with Crippen molar-refractivity contribution in [3.8, 4) is 0 Å². The van der Waals surface area contributed by atoms with E-state index >= 15 is 0 Å². The van der Waals surface area contributed by atoms with E-state index in [2.05, 4.69) is 15.0 Å². The van der Waals surface area contributed by atoms with Gasteiger partial charge < -0.3 is 9.80 Å². The van der Waals surface area contributed by atoms with Crippen molar-refractivity contribution in [2.24, 2.45) is 0 Å². The molecule has 2 aromatic carbocycles. The second-order valence-electron chi connectivity index (χ2n) is 9.92. The molecule has 0 saturated heterocycles. The topological polar surface area (TPSA) is 79.3 Å². The van der Waals surface area contributed by atoms with E-state index in [-0.39, 0.29) is 24.2 Å². The molecule has 2 amide bonds. The first-order chi connectivity index (χ1) is 18.4. The second-order valence-corrected chi connectivity index (χ2v) is 10.9. The fourth-order valence-corrected chi connectivity index (χ4v) is 6.25. The van der Waals surface area contributed by atoms with E-state index in [4.69, 9.17) is 0 Å². The minimum absolute atomic E-state index is 0.177. The molecule has 7 nitrogen and oxygen atoms in total. The molecule has 0 unspecified atom stereocenters. The van der Waals surface area contributed by atoms with Gasteiger partial charge in [-0.25, -0.2) is 9.37 Å². The van der Waals surface area contributed by atoms with Crippen molar-refractivity contribution >= 4 is 39.8 Å². The van der Waals surface area contributed by atoms with Gasteiger partial charge in [0.1, 0.15) is 17.6 Å². The summed E-state index contributed by atoms with van der Waals surface area (Å²) in [6.45, 7) is 0.285. The highest BCUT2D eigenvalue weighted by Gasteiger charge is 2.41. The summed E-state index contributed by atoms with van der Waals surface area (Å²) in [5, 5.41) is 0. The van der Waals surface area contributed by atoms with E-state index in [0.29, 0.717) is 30.5 Å². The van der Waals surface area contributed by atoms with Crippen LogP contribution in [0.2, 0.25) is 0 Å². The molecule has 6 rings (SSSR count). The van der Waals surface area contributed by atoms with Crippen LogP contribution < -0.4 is 0 Å². The predicted molar refractivity (Wildman–Crippen MR) is 144 cm³/mol. The molecule has 2 aromatic heterocycles. The number of benzene rings is 2. The van der Waals surface area contributed by atoms with Crippen LogP contribution in [-0.2, 0) is 24.1 Å². The average Bonchev–Trinajstić information content (AvgIpc) is 3.55. The third-order valence-corrected chi connectivity index (χ3v) is 8.26. The maximum Gasteiger partial charge on any atom is 0.274 e. The van der Waals surface area contributed by atoms with Gasteiger partial charge in [0.2, 0.25) is 5.91 Å². The summed E-state index contributed by atoms with van der Waals surface area (Å²) in [4.78, 5) is 44.3. The Kier molecular flexibility index (Phi) is 6.23. The van der Waals surface area contributed by atoms with Crippen LogP contribution in [0.4, 0.5) is 4.39 Å². The normalized spacial score (nSPS) is 16.5. The summed E-state index contributed by atoms with van der Waals surface area (Å²) < 4.78 is 14.8. The summed E-state index contributed by atoms with van der Waals surface area (Å²) in [6.07, 6.45) is 5.59. The third kappa shape index (κ3) is 4.26. The van der Waals surface area contributed by atoms with Crippen LogP contribution in [0.25, 0.3) is 16.6 Å². The highest BCUT2D eigenvalue weighted by Crippen LogP contribution is 2.42. The molecule has 1 aliphatic heterocycles. The Labute approximate surface area is 223 Å². The first-order valence-corrected chi connectivity index (χ1v) is 13.4. The van der Waals surface area contributed by atoms with Gasteiger partial charge in [-0.05, 0) is 59.7 Å². The zero-order chi connectivity index (χ0) is 26.4. The monoisotopic (exact) mass is 527 g/mol. The quantitative estimate of drug-likeness (QED) is 0.386. The lowest BCUT2D eigenvalue weighted by Gasteiger charge is -2.37. The number of hydrogen-bond acceptors (Lipinski definition) is 6. The van der Waals surface area contributed by atoms with Gasteiger partial charge in [0, 0.05) is 49.9 Å². The van der Waals surface area contributed by atoms with Crippen molar-refractivity contribution in [1.82, 2.24) is 24.8 Å². The molecule has 0 fully saturated rings. The number of hydrogen-bond donors (Lipinski definition) is 0. The van der Waals surface area contributed by atoms with E-state index in [1.54, 1.807) is 43.0 Å². The van der Waals surface area contributed by atoms with Gasteiger partial charge in [-0.15, -0.1) is 11.3 Å². The molecule has 38 heavy (non-hydrogen) atoms. The molecule has 1 atom stereocenters. The first kappa shape index (κ1) is 24.4. The summed E-state index contributed by atoms with van der Waals surface area (Å²) in [6, 6.07) is 10.4. The lowest BCUT2D eigenvalue weighted by molar-refractivity contribution is -0.133. The summed E-state index contributed by atoms with van der Waals surface area (Å²) >= 11 is 1.45. The molecule has 3 heterocycles. The average molecular weight is 528 g/mol. The Morgan fingerprint density at radius 2 is 1.89 bits per heavy atom. The van der Waals surface area contributed by atoms with E-state index in [1.807, 2.05) is 24.3 Å². The van der Waals surface area contributed by atoms with Gasteiger partial charge >= 0.3 is 0 Å². The van der Waals surface area contributed by atoms with E-state index in [9.17, 15) is 14.0 Å². The summed E-state index contributed by atoms with van der Waals surface area (Å²) in [7, 11) is 3.36. The van der Waals surface area contributed by atoms with Crippen molar-refractivity contribution in [2.75, 3.05) is 20.6 Å². The molecule has 1 aliphatic carbocycles. The lowest BCUT2D eigenvalue weighted by atomic mass is 9.92. The number of aryl methyl sites for hydroxylation is 2. The zero-order valence-electron chi connectivity index (χ0n) is 21.1. The van der Waals surface area contributed by atoms with Crippen LogP contribution in [0.3, 0.4) is 0 Å². The van der Waals surface area contributed by atoms with Crippen molar-refractivity contribution in [3.05, 3.63) is 93.0 Å². The third-order valence-electron chi connectivity index (χ3n) is 7.37. The highest BCUT2D eigenvalue weighted by atomic mass is 32.1. The van der Waals surface area contributed by atoms with Gasteiger partial charge in [0.05, 0.1) is 16.5 Å². The number of amides is 2. The lowest BCUT2D eigenvalue weighted by Crippen LogP contribution is -2.52. The maximum absolute atomic E-state index is 14.8. The molecular formula is C29H26FN5O2S. The smallest absolute Gasteiger partial charge is 0.274 e. The minimum Gasteiger partial charge on any atom is -0.347 e. The SMILES string of the molecule is CN(C)C(=O)[C@H]1CC2=C(Cc3cccc(F)c32)CN1C(=O)c1ncsc1CCc1ccc2nccnc2c1. The molecule has 0 bridgehead atoms.